The van der Waals surface area contributed by atoms with Crippen molar-refractivity contribution in [2.24, 2.45) is 0 Å². The first-order valence-corrected chi connectivity index (χ1v) is 10.1. The Morgan fingerprint density at radius 2 is 1.25 bits per heavy atom. The summed E-state index contributed by atoms with van der Waals surface area (Å²) in [6.45, 7) is 4.59. The van der Waals surface area contributed by atoms with E-state index in [1.54, 1.807) is 5.30 Å². The van der Waals surface area contributed by atoms with Crippen LogP contribution < -0.4 is 5.30 Å². The van der Waals surface area contributed by atoms with Crippen molar-refractivity contribution in [1.82, 2.24) is 0 Å². The van der Waals surface area contributed by atoms with Gasteiger partial charge < -0.3 is 0 Å². The third-order valence-corrected chi connectivity index (χ3v) is 8.79. The fourth-order valence-corrected chi connectivity index (χ4v) is 7.89. The molecule has 2 aliphatic rings. The van der Waals surface area contributed by atoms with Gasteiger partial charge in [0.1, 0.15) is 0 Å². The second kappa shape index (κ2) is 6.61. The highest BCUT2D eigenvalue weighted by Crippen LogP contribution is 2.56. The number of benzene rings is 1. The highest BCUT2D eigenvalue weighted by atomic mass is 31.1. The van der Waals surface area contributed by atoms with Crippen LogP contribution in [0.15, 0.2) is 24.3 Å². The van der Waals surface area contributed by atoms with Crippen LogP contribution in [0.5, 0.6) is 0 Å². The molecule has 0 spiro atoms. The summed E-state index contributed by atoms with van der Waals surface area (Å²) in [5.74, 6) is 0.660. The minimum Gasteiger partial charge on any atom is -0.0690 e. The van der Waals surface area contributed by atoms with Crippen LogP contribution in [-0.4, -0.2) is 11.3 Å². The first kappa shape index (κ1) is 14.6. The summed E-state index contributed by atoms with van der Waals surface area (Å²) in [4.78, 5) is 0. The predicted molar refractivity (Wildman–Crippen MR) is 91.6 cm³/mol. The van der Waals surface area contributed by atoms with E-state index in [0.717, 1.165) is 11.3 Å². The van der Waals surface area contributed by atoms with Crippen molar-refractivity contribution < 1.29 is 0 Å². The Kier molecular flexibility index (Phi) is 4.82. The maximum atomic E-state index is 2.48. The average Bonchev–Trinajstić information content (AvgIpc) is 3.13. The summed E-state index contributed by atoms with van der Waals surface area (Å²) < 4.78 is 0. The van der Waals surface area contributed by atoms with Crippen molar-refractivity contribution >= 4 is 13.2 Å². The van der Waals surface area contributed by atoms with Gasteiger partial charge in [0.2, 0.25) is 0 Å². The predicted octanol–water partition coefficient (Wildman–Crippen LogP) is 5.80. The maximum absolute atomic E-state index is 2.48. The number of rotatable bonds is 4. The fraction of sp³-hybridized carbons (Fsp3) is 0.684. The van der Waals surface area contributed by atoms with E-state index in [4.69, 9.17) is 0 Å². The minimum atomic E-state index is 0.110. The Morgan fingerprint density at radius 3 is 1.65 bits per heavy atom. The van der Waals surface area contributed by atoms with E-state index in [0.29, 0.717) is 5.92 Å². The van der Waals surface area contributed by atoms with Crippen molar-refractivity contribution in [3.8, 4) is 0 Å². The second-order valence-corrected chi connectivity index (χ2v) is 9.82. The van der Waals surface area contributed by atoms with Crippen LogP contribution in [0, 0.1) is 0 Å². The molecule has 0 bridgehead atoms. The molecule has 0 aromatic heterocycles. The smallest absolute Gasteiger partial charge is 0.0166 e. The molecular formula is C19H29P. The van der Waals surface area contributed by atoms with Gasteiger partial charge in [-0.2, -0.15) is 0 Å². The molecule has 0 N–H and O–H groups in total. The molecular weight excluding hydrogens is 259 g/mol. The molecule has 0 saturated heterocycles. The minimum absolute atomic E-state index is 0.110. The zero-order valence-corrected chi connectivity index (χ0v) is 14.0. The first-order chi connectivity index (χ1) is 9.75. The normalized spacial score (nSPS) is 21.4. The van der Waals surface area contributed by atoms with E-state index in [-0.39, 0.29) is 7.92 Å². The molecule has 2 fully saturated rings. The van der Waals surface area contributed by atoms with Gasteiger partial charge >= 0.3 is 0 Å². The Balaban J connectivity index is 1.83. The van der Waals surface area contributed by atoms with Gasteiger partial charge in [-0.1, -0.05) is 71.7 Å². The number of hydrogen-bond donors (Lipinski definition) is 0. The second-order valence-electron chi connectivity index (χ2n) is 7.03. The lowest BCUT2D eigenvalue weighted by Gasteiger charge is -2.30. The van der Waals surface area contributed by atoms with Crippen molar-refractivity contribution in [2.45, 2.75) is 82.4 Å². The molecule has 0 aliphatic heterocycles. The third kappa shape index (κ3) is 3.11. The monoisotopic (exact) mass is 288 g/mol. The molecule has 2 aliphatic carbocycles. The quantitative estimate of drug-likeness (QED) is 0.614. The third-order valence-electron chi connectivity index (χ3n) is 5.29. The van der Waals surface area contributed by atoms with Gasteiger partial charge in [0.25, 0.3) is 0 Å². The van der Waals surface area contributed by atoms with Gasteiger partial charge in [0.05, 0.1) is 0 Å². The van der Waals surface area contributed by atoms with Crippen LogP contribution >= 0.6 is 7.92 Å². The molecule has 0 unspecified atom stereocenters. The molecule has 0 nitrogen and oxygen atoms in total. The summed E-state index contributed by atoms with van der Waals surface area (Å²) in [6.07, 6.45) is 12.0. The zero-order valence-electron chi connectivity index (χ0n) is 13.1. The average molecular weight is 288 g/mol. The highest BCUT2D eigenvalue weighted by molar-refractivity contribution is 7.67. The molecule has 3 rings (SSSR count). The van der Waals surface area contributed by atoms with Crippen LogP contribution in [0.25, 0.3) is 0 Å². The summed E-state index contributed by atoms with van der Waals surface area (Å²) in [5.41, 5.74) is 3.58. The van der Waals surface area contributed by atoms with Crippen molar-refractivity contribution in [1.29, 1.82) is 0 Å². The van der Waals surface area contributed by atoms with E-state index in [1.165, 1.54) is 56.9 Å². The van der Waals surface area contributed by atoms with Crippen LogP contribution in [0.3, 0.4) is 0 Å². The van der Waals surface area contributed by atoms with Gasteiger partial charge in [0.15, 0.2) is 0 Å². The largest absolute Gasteiger partial charge is 0.0690 e. The van der Waals surface area contributed by atoms with Gasteiger partial charge in [-0.05, 0) is 53.8 Å². The van der Waals surface area contributed by atoms with E-state index >= 15 is 0 Å². The summed E-state index contributed by atoms with van der Waals surface area (Å²) in [7, 11) is 0.110. The molecule has 20 heavy (non-hydrogen) atoms. The molecule has 110 valence electrons. The molecule has 1 heteroatoms. The van der Waals surface area contributed by atoms with Gasteiger partial charge in [-0.3, -0.25) is 0 Å². The van der Waals surface area contributed by atoms with Crippen molar-refractivity contribution in [3.05, 3.63) is 29.8 Å². The fourth-order valence-electron chi connectivity index (χ4n) is 4.12. The van der Waals surface area contributed by atoms with Gasteiger partial charge in [-0.15, -0.1) is 0 Å². The Morgan fingerprint density at radius 1 is 0.800 bits per heavy atom. The maximum Gasteiger partial charge on any atom is -0.0166 e. The molecule has 0 atom stereocenters. The molecule has 0 radical (unpaired) electrons. The van der Waals surface area contributed by atoms with Gasteiger partial charge in [0, 0.05) is 0 Å². The van der Waals surface area contributed by atoms with Crippen LogP contribution in [0.4, 0.5) is 0 Å². The topological polar surface area (TPSA) is 0 Å². The van der Waals surface area contributed by atoms with E-state index in [9.17, 15) is 0 Å². The van der Waals surface area contributed by atoms with Crippen LogP contribution in [0.2, 0.25) is 0 Å². The summed E-state index contributed by atoms with van der Waals surface area (Å²) >= 11 is 0. The lowest BCUT2D eigenvalue weighted by molar-refractivity contribution is 0.835. The van der Waals surface area contributed by atoms with Crippen molar-refractivity contribution in [3.63, 3.8) is 0 Å². The van der Waals surface area contributed by atoms with Crippen LogP contribution in [-0.2, 0) is 0 Å². The molecule has 2 saturated carbocycles. The standard InChI is InChI=1S/C19H29P/c1-15(2)16-11-13-19(14-12-16)20(17-7-3-4-8-17)18-9-5-6-10-18/h11-15,17-18H,3-10H2,1-2H3. The molecule has 0 heterocycles. The Hall–Kier alpha value is -0.350. The van der Waals surface area contributed by atoms with E-state index in [2.05, 4.69) is 38.1 Å². The van der Waals surface area contributed by atoms with E-state index < -0.39 is 0 Å². The Bertz CT molecular complexity index is 392. The van der Waals surface area contributed by atoms with Crippen molar-refractivity contribution in [2.75, 3.05) is 0 Å². The SMILES string of the molecule is CC(C)c1ccc(P(C2CCCC2)C2CCCC2)cc1. The lowest BCUT2D eigenvalue weighted by atomic mass is 10.0. The van der Waals surface area contributed by atoms with Gasteiger partial charge in [-0.25, -0.2) is 0 Å². The zero-order chi connectivity index (χ0) is 13.9. The summed E-state index contributed by atoms with van der Waals surface area (Å²) in [6, 6.07) is 9.77. The Labute approximate surface area is 126 Å². The summed E-state index contributed by atoms with van der Waals surface area (Å²) in [5, 5.41) is 1.71. The number of hydrogen-bond acceptors (Lipinski definition) is 0. The molecule has 1 aromatic rings. The first-order valence-electron chi connectivity index (χ1n) is 8.64. The molecule has 0 amide bonds. The van der Waals surface area contributed by atoms with Crippen LogP contribution in [0.1, 0.15) is 76.7 Å². The highest BCUT2D eigenvalue weighted by Gasteiger charge is 2.33. The lowest BCUT2D eigenvalue weighted by Crippen LogP contribution is -2.19. The molecule has 1 aromatic carbocycles. The van der Waals surface area contributed by atoms with E-state index in [1.807, 2.05) is 0 Å².